The summed E-state index contributed by atoms with van der Waals surface area (Å²) in [5, 5.41) is 8.98. The zero-order valence-corrected chi connectivity index (χ0v) is 19.7. The van der Waals surface area contributed by atoms with Crippen LogP contribution in [0, 0.1) is 5.82 Å². The molecule has 0 radical (unpaired) electrons. The van der Waals surface area contributed by atoms with Crippen molar-refractivity contribution in [1.29, 1.82) is 0 Å². The van der Waals surface area contributed by atoms with Crippen LogP contribution in [0.3, 0.4) is 0 Å². The molecule has 1 aliphatic rings. The maximum absolute atomic E-state index is 13.9. The van der Waals surface area contributed by atoms with Gasteiger partial charge >= 0.3 is 12.1 Å². The zero-order valence-electron chi connectivity index (χ0n) is 18.9. The Bertz CT molecular complexity index is 1220. The Morgan fingerprint density at radius 3 is 2.14 bits per heavy atom. The number of sulfonamides is 1. The normalized spacial score (nSPS) is 19.5. The number of hydrogen-bond donors (Lipinski definition) is 1. The van der Waals surface area contributed by atoms with Crippen LogP contribution < -0.4 is 0 Å². The number of aliphatic carboxylic acids is 1. The molecule has 0 bridgehead atoms. The van der Waals surface area contributed by atoms with Gasteiger partial charge in [-0.05, 0) is 49.2 Å². The Labute approximate surface area is 200 Å². The molecule has 7 nitrogen and oxygen atoms in total. The largest absolute Gasteiger partial charge is 0.481 e. The molecule has 12 heteroatoms. The lowest BCUT2D eigenvalue weighted by atomic mass is 10.1. The summed E-state index contributed by atoms with van der Waals surface area (Å²) in [6.45, 7) is 3.29. The molecule has 1 N–H and O–H groups in total. The number of hydrogen-bond acceptors (Lipinski definition) is 4. The summed E-state index contributed by atoms with van der Waals surface area (Å²) in [6.07, 6.45) is -5.51. The zero-order chi connectivity index (χ0) is 26.1. The predicted octanol–water partition coefficient (Wildman–Crippen LogP) is 3.32. The van der Waals surface area contributed by atoms with Crippen LogP contribution in [0.5, 0.6) is 0 Å². The third kappa shape index (κ3) is 5.99. The van der Waals surface area contributed by atoms with Gasteiger partial charge in [0, 0.05) is 25.2 Å². The number of amides is 1. The molecule has 190 valence electrons. The fraction of sp³-hybridized carbons (Fsp3) is 0.391. The second-order valence-electron chi connectivity index (χ2n) is 8.54. The van der Waals surface area contributed by atoms with Crippen molar-refractivity contribution >= 4 is 21.9 Å². The van der Waals surface area contributed by atoms with Gasteiger partial charge in [-0.1, -0.05) is 18.2 Å². The number of piperazine rings is 1. The standard InChI is InChI=1S/C23H24F4N2O5S/c1-14-12-28(21(30)10-17-6-7-19(20(24)9-17)23(25,26)27)13-15(2)29(14)35(33,34)18-5-3-4-16(8-18)11-22(31)32/h3-9,14-15H,10-13H2,1-2H3,(H,31,32). The number of carboxylic acids is 1. The van der Waals surface area contributed by atoms with E-state index in [1.807, 2.05) is 0 Å². The maximum atomic E-state index is 13.9. The quantitative estimate of drug-likeness (QED) is 0.595. The summed E-state index contributed by atoms with van der Waals surface area (Å²) < 4.78 is 80.0. The highest BCUT2D eigenvalue weighted by Crippen LogP contribution is 2.32. The molecule has 0 aromatic heterocycles. The minimum absolute atomic E-state index is 0.0281. The second-order valence-corrected chi connectivity index (χ2v) is 10.4. The predicted molar refractivity (Wildman–Crippen MR) is 117 cm³/mol. The number of nitrogens with zero attached hydrogens (tertiary/aromatic N) is 2. The average Bonchev–Trinajstić information content (AvgIpc) is 2.71. The Morgan fingerprint density at radius 1 is 1.00 bits per heavy atom. The van der Waals surface area contributed by atoms with Crippen molar-refractivity contribution in [3.63, 3.8) is 0 Å². The van der Waals surface area contributed by atoms with E-state index in [0.717, 1.165) is 6.07 Å². The SMILES string of the molecule is CC1CN(C(=O)Cc2ccc(C(F)(F)F)c(F)c2)CC(C)N1S(=O)(=O)c1cccc(CC(=O)O)c1. The second kappa shape index (κ2) is 9.94. The van der Waals surface area contributed by atoms with Crippen LogP contribution in [-0.2, 0) is 38.6 Å². The Morgan fingerprint density at radius 2 is 1.60 bits per heavy atom. The highest BCUT2D eigenvalue weighted by molar-refractivity contribution is 7.89. The number of benzene rings is 2. The molecule has 35 heavy (non-hydrogen) atoms. The molecular weight excluding hydrogens is 492 g/mol. The first-order valence-electron chi connectivity index (χ1n) is 10.7. The molecule has 0 saturated carbocycles. The maximum Gasteiger partial charge on any atom is 0.419 e. The first kappa shape index (κ1) is 26.6. The number of carbonyl (C=O) groups is 2. The number of alkyl halides is 3. The number of rotatable bonds is 6. The molecule has 1 saturated heterocycles. The number of carboxylic acid groups (broad SMARTS) is 1. The molecule has 0 spiro atoms. The lowest BCUT2D eigenvalue weighted by Gasteiger charge is -2.43. The number of carbonyl (C=O) groups excluding carboxylic acids is 1. The lowest BCUT2D eigenvalue weighted by Crippen LogP contribution is -2.59. The summed E-state index contributed by atoms with van der Waals surface area (Å²) in [7, 11) is -4.00. The molecule has 2 unspecified atom stereocenters. The molecule has 1 amide bonds. The Balaban J connectivity index is 1.74. The van der Waals surface area contributed by atoms with Crippen molar-refractivity contribution in [3.8, 4) is 0 Å². The van der Waals surface area contributed by atoms with Crippen molar-refractivity contribution in [3.05, 3.63) is 65.0 Å². The highest BCUT2D eigenvalue weighted by atomic mass is 32.2. The van der Waals surface area contributed by atoms with E-state index in [1.165, 1.54) is 33.5 Å². The van der Waals surface area contributed by atoms with Crippen LogP contribution in [0.1, 0.15) is 30.5 Å². The molecule has 1 fully saturated rings. The molecule has 0 aliphatic carbocycles. The van der Waals surface area contributed by atoms with Crippen LogP contribution in [0.4, 0.5) is 17.6 Å². The molecule has 1 aliphatic heterocycles. The van der Waals surface area contributed by atoms with Crippen LogP contribution in [0.2, 0.25) is 0 Å². The summed E-state index contributed by atoms with van der Waals surface area (Å²) in [5.74, 6) is -3.03. The Hall–Kier alpha value is -2.99. The van der Waals surface area contributed by atoms with Gasteiger partial charge in [-0.15, -0.1) is 0 Å². The fourth-order valence-corrected chi connectivity index (χ4v) is 6.16. The van der Waals surface area contributed by atoms with Crippen molar-refractivity contribution in [2.45, 2.75) is 49.8 Å². The molecule has 3 rings (SSSR count). The van der Waals surface area contributed by atoms with Crippen molar-refractivity contribution in [2.24, 2.45) is 0 Å². The van der Waals surface area contributed by atoms with Crippen LogP contribution >= 0.6 is 0 Å². The highest BCUT2D eigenvalue weighted by Gasteiger charge is 2.40. The van der Waals surface area contributed by atoms with E-state index in [0.29, 0.717) is 17.7 Å². The van der Waals surface area contributed by atoms with Crippen LogP contribution in [-0.4, -0.2) is 59.8 Å². The van der Waals surface area contributed by atoms with Crippen LogP contribution in [0.15, 0.2) is 47.4 Å². The molecule has 1 heterocycles. The summed E-state index contributed by atoms with van der Waals surface area (Å²) >= 11 is 0. The van der Waals surface area contributed by atoms with Crippen LogP contribution in [0.25, 0.3) is 0 Å². The summed E-state index contributed by atoms with van der Waals surface area (Å²) in [4.78, 5) is 25.1. The topological polar surface area (TPSA) is 95.0 Å². The van der Waals surface area contributed by atoms with E-state index in [-0.39, 0.29) is 36.4 Å². The monoisotopic (exact) mass is 516 g/mol. The van der Waals surface area contributed by atoms with E-state index in [9.17, 15) is 35.6 Å². The minimum atomic E-state index is -4.84. The van der Waals surface area contributed by atoms with Gasteiger partial charge < -0.3 is 10.0 Å². The number of halogens is 4. The van der Waals surface area contributed by atoms with Gasteiger partial charge in [-0.25, -0.2) is 12.8 Å². The first-order chi connectivity index (χ1) is 16.2. The smallest absolute Gasteiger partial charge is 0.419 e. The summed E-state index contributed by atoms with van der Waals surface area (Å²) in [5.41, 5.74) is -1.01. The fourth-order valence-electron chi connectivity index (χ4n) is 4.28. The summed E-state index contributed by atoms with van der Waals surface area (Å²) in [6, 6.07) is 6.69. The Kier molecular flexibility index (Phi) is 7.56. The minimum Gasteiger partial charge on any atom is -0.481 e. The molecular formula is C23H24F4N2O5S. The van der Waals surface area contributed by atoms with E-state index < -0.39 is 51.5 Å². The van der Waals surface area contributed by atoms with Gasteiger partial charge in [0.1, 0.15) is 5.82 Å². The van der Waals surface area contributed by atoms with Gasteiger partial charge in [0.25, 0.3) is 0 Å². The van der Waals surface area contributed by atoms with Crippen molar-refractivity contribution in [1.82, 2.24) is 9.21 Å². The van der Waals surface area contributed by atoms with E-state index >= 15 is 0 Å². The average molecular weight is 517 g/mol. The van der Waals surface area contributed by atoms with Gasteiger partial charge in [0.15, 0.2) is 0 Å². The van der Waals surface area contributed by atoms with E-state index in [1.54, 1.807) is 13.8 Å². The van der Waals surface area contributed by atoms with Gasteiger partial charge in [-0.2, -0.15) is 17.5 Å². The lowest BCUT2D eigenvalue weighted by molar-refractivity contribution is -0.140. The van der Waals surface area contributed by atoms with Crippen molar-refractivity contribution in [2.75, 3.05) is 13.1 Å². The van der Waals surface area contributed by atoms with Gasteiger partial charge in [0.05, 0.1) is 23.3 Å². The third-order valence-corrected chi connectivity index (χ3v) is 7.84. The van der Waals surface area contributed by atoms with Gasteiger partial charge in [0.2, 0.25) is 15.9 Å². The van der Waals surface area contributed by atoms with E-state index in [4.69, 9.17) is 5.11 Å². The van der Waals surface area contributed by atoms with Gasteiger partial charge in [-0.3, -0.25) is 9.59 Å². The van der Waals surface area contributed by atoms with E-state index in [2.05, 4.69) is 0 Å². The molecule has 2 aromatic carbocycles. The first-order valence-corrected chi connectivity index (χ1v) is 12.1. The molecule has 2 aromatic rings. The van der Waals surface area contributed by atoms with Crippen molar-refractivity contribution < 1.29 is 40.7 Å². The third-order valence-electron chi connectivity index (χ3n) is 5.71. The molecule has 2 atom stereocenters.